The topological polar surface area (TPSA) is 97.1 Å². The summed E-state index contributed by atoms with van der Waals surface area (Å²) < 4.78 is 22.7. The van der Waals surface area contributed by atoms with Crippen LogP contribution in [-0.2, 0) is 19.1 Å². The fourth-order valence-electron chi connectivity index (χ4n) is 4.20. The van der Waals surface area contributed by atoms with Gasteiger partial charge < -0.3 is 24.7 Å². The van der Waals surface area contributed by atoms with Crippen molar-refractivity contribution in [3.8, 4) is 11.5 Å². The molecular formula is C24H31NO6. The van der Waals surface area contributed by atoms with Crippen LogP contribution >= 0.6 is 0 Å². The normalized spacial score (nSPS) is 20.2. The number of esters is 1. The molecular weight excluding hydrogens is 398 g/mol. The van der Waals surface area contributed by atoms with E-state index in [1.54, 1.807) is 25.1 Å². The number of ketones is 1. The number of rotatable bonds is 7. The SMILES string of the molecule is CCOC(=O)C1=C(N)OC2=C(C(=O)CC(C)(C)C2)[C@H]1c1cc(OCC)ccc1OCC. The Labute approximate surface area is 183 Å². The van der Waals surface area contributed by atoms with Crippen LogP contribution in [0.2, 0.25) is 0 Å². The van der Waals surface area contributed by atoms with E-state index in [0.29, 0.717) is 54.5 Å². The first kappa shape index (κ1) is 22.7. The van der Waals surface area contributed by atoms with Gasteiger partial charge in [-0.3, -0.25) is 4.79 Å². The maximum Gasteiger partial charge on any atom is 0.340 e. The zero-order valence-electron chi connectivity index (χ0n) is 18.9. The number of hydrogen-bond acceptors (Lipinski definition) is 7. The third kappa shape index (κ3) is 4.55. The zero-order chi connectivity index (χ0) is 22.8. The van der Waals surface area contributed by atoms with Gasteiger partial charge in [0.25, 0.3) is 0 Å². The van der Waals surface area contributed by atoms with Crippen LogP contribution in [-0.4, -0.2) is 31.6 Å². The molecule has 3 rings (SSSR count). The van der Waals surface area contributed by atoms with Crippen LogP contribution in [0.25, 0.3) is 0 Å². The summed E-state index contributed by atoms with van der Waals surface area (Å²) in [5.41, 5.74) is 7.15. The van der Waals surface area contributed by atoms with Gasteiger partial charge in [-0.2, -0.15) is 0 Å². The molecule has 0 aromatic heterocycles. The van der Waals surface area contributed by atoms with Crippen molar-refractivity contribution in [2.45, 2.75) is 53.4 Å². The van der Waals surface area contributed by atoms with E-state index in [2.05, 4.69) is 0 Å². The highest BCUT2D eigenvalue weighted by molar-refractivity contribution is 6.03. The van der Waals surface area contributed by atoms with Gasteiger partial charge >= 0.3 is 5.97 Å². The average molecular weight is 430 g/mol. The first-order valence-corrected chi connectivity index (χ1v) is 10.7. The largest absolute Gasteiger partial charge is 0.494 e. The summed E-state index contributed by atoms with van der Waals surface area (Å²) in [7, 11) is 0. The van der Waals surface area contributed by atoms with E-state index in [1.165, 1.54) is 0 Å². The quantitative estimate of drug-likeness (QED) is 0.655. The molecule has 1 aliphatic carbocycles. The monoisotopic (exact) mass is 429 g/mol. The highest BCUT2D eigenvalue weighted by Crippen LogP contribution is 2.50. The predicted octanol–water partition coefficient (Wildman–Crippen LogP) is 3.97. The maximum atomic E-state index is 13.3. The second-order valence-electron chi connectivity index (χ2n) is 8.38. The van der Waals surface area contributed by atoms with E-state index in [0.717, 1.165) is 0 Å². The van der Waals surface area contributed by atoms with Crippen molar-refractivity contribution in [1.29, 1.82) is 0 Å². The van der Waals surface area contributed by atoms with E-state index in [4.69, 9.17) is 24.7 Å². The fourth-order valence-corrected chi connectivity index (χ4v) is 4.20. The third-order valence-corrected chi connectivity index (χ3v) is 5.35. The molecule has 7 nitrogen and oxygen atoms in total. The van der Waals surface area contributed by atoms with Gasteiger partial charge in [0.05, 0.1) is 25.7 Å². The standard InChI is InChI=1S/C24H31NO6/c1-6-28-14-9-10-17(29-7-2)15(11-14)19-20-16(26)12-24(4,5)13-18(20)31-22(25)21(19)23(27)30-8-3/h9-11,19H,6-8,12-13,25H2,1-5H3/t19-/m1/s1. The molecule has 0 saturated carbocycles. The summed E-state index contributed by atoms with van der Waals surface area (Å²) in [5, 5.41) is 0. The van der Waals surface area contributed by atoms with Gasteiger partial charge in [-0.15, -0.1) is 0 Å². The Morgan fingerprint density at radius 1 is 1.13 bits per heavy atom. The average Bonchev–Trinajstić information content (AvgIpc) is 2.67. The lowest BCUT2D eigenvalue weighted by molar-refractivity contribution is -0.139. The molecule has 168 valence electrons. The molecule has 0 amide bonds. The van der Waals surface area contributed by atoms with Crippen molar-refractivity contribution in [1.82, 2.24) is 0 Å². The second kappa shape index (κ2) is 9.04. The summed E-state index contributed by atoms with van der Waals surface area (Å²) >= 11 is 0. The highest BCUT2D eigenvalue weighted by atomic mass is 16.5. The number of carbonyl (C=O) groups excluding carboxylic acids is 2. The number of hydrogen-bond donors (Lipinski definition) is 1. The Bertz CT molecular complexity index is 943. The zero-order valence-corrected chi connectivity index (χ0v) is 18.9. The maximum absolute atomic E-state index is 13.3. The minimum absolute atomic E-state index is 0.0445. The lowest BCUT2D eigenvalue weighted by Crippen LogP contribution is -2.36. The Morgan fingerprint density at radius 2 is 1.84 bits per heavy atom. The van der Waals surface area contributed by atoms with Crippen LogP contribution < -0.4 is 15.2 Å². The molecule has 0 bridgehead atoms. The van der Waals surface area contributed by atoms with E-state index in [1.807, 2.05) is 27.7 Å². The molecule has 0 radical (unpaired) electrons. The lowest BCUT2D eigenvalue weighted by Gasteiger charge is -2.38. The summed E-state index contributed by atoms with van der Waals surface area (Å²) in [6.07, 6.45) is 0.882. The second-order valence-corrected chi connectivity index (χ2v) is 8.38. The summed E-state index contributed by atoms with van der Waals surface area (Å²) in [6.45, 7) is 10.6. The van der Waals surface area contributed by atoms with E-state index < -0.39 is 11.9 Å². The van der Waals surface area contributed by atoms with Gasteiger partial charge in [0, 0.05) is 24.0 Å². The Morgan fingerprint density at radius 3 is 2.48 bits per heavy atom. The summed E-state index contributed by atoms with van der Waals surface area (Å²) in [6, 6.07) is 5.39. The fraction of sp³-hybridized carbons (Fsp3) is 0.500. The Balaban J connectivity index is 2.26. The van der Waals surface area contributed by atoms with Crippen molar-refractivity contribution >= 4 is 11.8 Å². The van der Waals surface area contributed by atoms with Crippen LogP contribution in [0.5, 0.6) is 11.5 Å². The number of allylic oxidation sites excluding steroid dienone is 2. The van der Waals surface area contributed by atoms with Crippen LogP contribution in [0.15, 0.2) is 41.0 Å². The van der Waals surface area contributed by atoms with Gasteiger partial charge in [-0.1, -0.05) is 13.8 Å². The Kier molecular flexibility index (Phi) is 6.62. The molecule has 1 aromatic carbocycles. The molecule has 7 heteroatoms. The van der Waals surface area contributed by atoms with Crippen LogP contribution in [0.3, 0.4) is 0 Å². The van der Waals surface area contributed by atoms with Crippen LogP contribution in [0.4, 0.5) is 0 Å². The number of benzene rings is 1. The number of carbonyl (C=O) groups is 2. The molecule has 2 aliphatic rings. The van der Waals surface area contributed by atoms with Gasteiger partial charge in [-0.05, 0) is 44.4 Å². The third-order valence-electron chi connectivity index (χ3n) is 5.35. The highest BCUT2D eigenvalue weighted by Gasteiger charge is 2.46. The van der Waals surface area contributed by atoms with E-state index >= 15 is 0 Å². The summed E-state index contributed by atoms with van der Waals surface area (Å²) in [4.78, 5) is 26.2. The van der Waals surface area contributed by atoms with Crippen molar-refractivity contribution < 1.29 is 28.5 Å². The molecule has 1 aliphatic heterocycles. The molecule has 1 atom stereocenters. The van der Waals surface area contributed by atoms with Gasteiger partial charge in [0.2, 0.25) is 5.88 Å². The molecule has 0 unspecified atom stereocenters. The first-order chi connectivity index (χ1) is 14.7. The first-order valence-electron chi connectivity index (χ1n) is 10.7. The van der Waals surface area contributed by atoms with Crippen molar-refractivity contribution in [2.24, 2.45) is 11.1 Å². The van der Waals surface area contributed by atoms with Crippen LogP contribution in [0, 0.1) is 5.41 Å². The minimum Gasteiger partial charge on any atom is -0.494 e. The Hall–Kier alpha value is -2.96. The molecule has 1 aromatic rings. The van der Waals surface area contributed by atoms with Gasteiger partial charge in [0.15, 0.2) is 5.78 Å². The molecule has 1 heterocycles. The predicted molar refractivity (Wildman–Crippen MR) is 116 cm³/mol. The number of nitrogens with two attached hydrogens (primary N) is 1. The van der Waals surface area contributed by atoms with Gasteiger partial charge in [-0.25, -0.2) is 4.79 Å². The van der Waals surface area contributed by atoms with Crippen molar-refractivity contribution in [3.63, 3.8) is 0 Å². The molecule has 31 heavy (non-hydrogen) atoms. The van der Waals surface area contributed by atoms with Crippen molar-refractivity contribution in [2.75, 3.05) is 19.8 Å². The molecule has 0 spiro atoms. The van der Waals surface area contributed by atoms with Gasteiger partial charge in [0.1, 0.15) is 22.8 Å². The van der Waals surface area contributed by atoms with Crippen LogP contribution in [0.1, 0.15) is 58.9 Å². The summed E-state index contributed by atoms with van der Waals surface area (Å²) in [5.74, 6) is 0.177. The smallest absolute Gasteiger partial charge is 0.340 e. The lowest BCUT2D eigenvalue weighted by atomic mass is 9.70. The molecule has 0 saturated heterocycles. The molecule has 0 fully saturated rings. The molecule has 2 N–H and O–H groups in total. The number of ether oxygens (including phenoxy) is 4. The van der Waals surface area contributed by atoms with E-state index in [9.17, 15) is 9.59 Å². The van der Waals surface area contributed by atoms with Crippen molar-refractivity contribution in [3.05, 3.63) is 46.6 Å². The van der Waals surface area contributed by atoms with E-state index in [-0.39, 0.29) is 29.3 Å². The number of Topliss-reactive ketones (excluding diaryl/α,β-unsaturated/α-hetero) is 1. The minimum atomic E-state index is -0.756.